The zero-order chi connectivity index (χ0) is 16.9. The van der Waals surface area contributed by atoms with Gasteiger partial charge < -0.3 is 14.4 Å². The van der Waals surface area contributed by atoms with E-state index < -0.39 is 0 Å². The smallest absolute Gasteiger partial charge is 0.260 e. The van der Waals surface area contributed by atoms with Crippen LogP contribution in [0.2, 0.25) is 5.02 Å². The van der Waals surface area contributed by atoms with Crippen LogP contribution < -0.4 is 9.47 Å². The summed E-state index contributed by atoms with van der Waals surface area (Å²) >= 11 is 6.10. The predicted molar refractivity (Wildman–Crippen MR) is 85.3 cm³/mol. The molecule has 0 spiro atoms. The van der Waals surface area contributed by atoms with Gasteiger partial charge in [0.05, 0.1) is 23.8 Å². The van der Waals surface area contributed by atoms with Crippen molar-refractivity contribution in [2.45, 2.75) is 39.8 Å². The molecule has 0 saturated carbocycles. The van der Waals surface area contributed by atoms with Crippen LogP contribution in [-0.2, 0) is 4.79 Å². The zero-order valence-electron chi connectivity index (χ0n) is 13.5. The molecule has 0 bridgehead atoms. The molecule has 0 aliphatic heterocycles. The Labute approximate surface area is 136 Å². The first-order chi connectivity index (χ1) is 10.3. The van der Waals surface area contributed by atoms with E-state index in [-0.39, 0.29) is 35.4 Å². The number of carbonyl (C=O) groups is 1. The Bertz CT molecular complexity index is 571. The maximum Gasteiger partial charge on any atom is 0.260 e. The van der Waals surface area contributed by atoms with E-state index >= 15 is 0 Å². The van der Waals surface area contributed by atoms with Crippen molar-refractivity contribution in [3.8, 4) is 17.6 Å². The third kappa shape index (κ3) is 4.28. The monoisotopic (exact) mass is 324 g/mol. The molecule has 0 radical (unpaired) electrons. The number of methoxy groups -OCH3 is 1. The Balaban J connectivity index is 2.93. The average Bonchev–Trinajstić information content (AvgIpc) is 2.44. The van der Waals surface area contributed by atoms with Gasteiger partial charge in [-0.3, -0.25) is 4.79 Å². The van der Waals surface area contributed by atoms with Crippen molar-refractivity contribution >= 4 is 17.5 Å². The maximum atomic E-state index is 12.3. The van der Waals surface area contributed by atoms with Crippen molar-refractivity contribution in [1.82, 2.24) is 4.90 Å². The van der Waals surface area contributed by atoms with Crippen LogP contribution in [0, 0.1) is 11.3 Å². The van der Waals surface area contributed by atoms with E-state index in [9.17, 15) is 4.79 Å². The molecule has 0 atom stereocenters. The third-order valence-electron chi connectivity index (χ3n) is 3.10. The molecule has 1 amide bonds. The minimum atomic E-state index is -0.141. The fraction of sp³-hybridized carbons (Fsp3) is 0.500. The first-order valence-corrected chi connectivity index (χ1v) is 7.41. The van der Waals surface area contributed by atoms with E-state index in [4.69, 9.17) is 26.3 Å². The molecule has 0 unspecified atom stereocenters. The van der Waals surface area contributed by atoms with Crippen molar-refractivity contribution in [2.24, 2.45) is 0 Å². The van der Waals surface area contributed by atoms with Crippen LogP contribution in [0.4, 0.5) is 0 Å². The number of hydrogen-bond donors (Lipinski definition) is 0. The fourth-order valence-corrected chi connectivity index (χ4v) is 2.57. The molecule has 0 saturated heterocycles. The lowest BCUT2D eigenvalue weighted by molar-refractivity contribution is -0.137. The number of rotatable bonds is 6. The Morgan fingerprint density at radius 2 is 1.91 bits per heavy atom. The molecular formula is C16H21ClN2O3. The van der Waals surface area contributed by atoms with Crippen LogP contribution in [0.15, 0.2) is 12.1 Å². The molecule has 0 N–H and O–H groups in total. The van der Waals surface area contributed by atoms with Gasteiger partial charge in [-0.1, -0.05) is 11.6 Å². The molecule has 0 aliphatic carbocycles. The molecule has 0 fully saturated rings. The molecule has 0 aliphatic rings. The number of benzene rings is 1. The summed E-state index contributed by atoms with van der Waals surface area (Å²) in [6, 6.07) is 5.14. The molecule has 6 heteroatoms. The molecule has 1 aromatic carbocycles. The minimum Gasteiger partial charge on any atom is -0.493 e. The van der Waals surface area contributed by atoms with Gasteiger partial charge in [0.1, 0.15) is 0 Å². The van der Waals surface area contributed by atoms with Gasteiger partial charge in [-0.15, -0.1) is 0 Å². The Morgan fingerprint density at radius 3 is 2.36 bits per heavy atom. The highest BCUT2D eigenvalue weighted by atomic mass is 35.5. The molecule has 5 nitrogen and oxygen atoms in total. The molecular weight excluding hydrogens is 304 g/mol. The first-order valence-electron chi connectivity index (χ1n) is 7.03. The van der Waals surface area contributed by atoms with E-state index in [1.54, 1.807) is 4.90 Å². The number of hydrogen-bond acceptors (Lipinski definition) is 4. The fourth-order valence-electron chi connectivity index (χ4n) is 2.31. The molecule has 120 valence electrons. The molecule has 1 aromatic rings. The number of ether oxygens (including phenoxy) is 2. The topological polar surface area (TPSA) is 62.6 Å². The SMILES string of the molecule is COc1cc(C#N)cc(Cl)c1OCC(=O)N(C(C)C)C(C)C. The van der Waals surface area contributed by atoms with Crippen molar-refractivity contribution in [2.75, 3.05) is 13.7 Å². The number of amides is 1. The van der Waals surface area contributed by atoms with Gasteiger partial charge in [-0.2, -0.15) is 5.26 Å². The van der Waals surface area contributed by atoms with Gasteiger partial charge in [-0.25, -0.2) is 0 Å². The van der Waals surface area contributed by atoms with Gasteiger partial charge in [0.2, 0.25) is 0 Å². The minimum absolute atomic E-state index is 0.0782. The van der Waals surface area contributed by atoms with Crippen LogP contribution in [0.5, 0.6) is 11.5 Å². The summed E-state index contributed by atoms with van der Waals surface area (Å²) in [6.07, 6.45) is 0. The van der Waals surface area contributed by atoms with E-state index in [1.807, 2.05) is 33.8 Å². The summed E-state index contributed by atoms with van der Waals surface area (Å²) < 4.78 is 10.7. The summed E-state index contributed by atoms with van der Waals surface area (Å²) in [4.78, 5) is 14.0. The Morgan fingerprint density at radius 1 is 1.32 bits per heavy atom. The van der Waals surface area contributed by atoms with Gasteiger partial charge in [0.25, 0.3) is 5.91 Å². The number of halogens is 1. The Kier molecular flexibility index (Phi) is 6.51. The largest absolute Gasteiger partial charge is 0.493 e. The highest BCUT2D eigenvalue weighted by Crippen LogP contribution is 2.36. The van der Waals surface area contributed by atoms with Crippen molar-refractivity contribution in [3.63, 3.8) is 0 Å². The number of carbonyl (C=O) groups excluding carboxylic acids is 1. The van der Waals surface area contributed by atoms with Crippen LogP contribution in [0.3, 0.4) is 0 Å². The van der Waals surface area contributed by atoms with Crippen molar-refractivity contribution in [3.05, 3.63) is 22.7 Å². The van der Waals surface area contributed by atoms with Crippen LogP contribution in [0.25, 0.3) is 0 Å². The summed E-state index contributed by atoms with van der Waals surface area (Å²) in [7, 11) is 1.45. The van der Waals surface area contributed by atoms with Crippen molar-refractivity contribution < 1.29 is 14.3 Å². The molecule has 0 aromatic heterocycles. The Hall–Kier alpha value is -1.93. The van der Waals surface area contributed by atoms with Crippen molar-refractivity contribution in [1.29, 1.82) is 5.26 Å². The van der Waals surface area contributed by atoms with Crippen LogP contribution in [-0.4, -0.2) is 36.6 Å². The van der Waals surface area contributed by atoms with E-state index in [0.29, 0.717) is 11.3 Å². The maximum absolute atomic E-state index is 12.3. The highest BCUT2D eigenvalue weighted by molar-refractivity contribution is 6.32. The summed E-state index contributed by atoms with van der Waals surface area (Å²) in [5.41, 5.74) is 0.367. The summed E-state index contributed by atoms with van der Waals surface area (Å²) in [5.74, 6) is 0.467. The molecule has 0 heterocycles. The second-order valence-corrected chi connectivity index (χ2v) is 5.79. The van der Waals surface area contributed by atoms with Gasteiger partial charge in [0.15, 0.2) is 18.1 Å². The van der Waals surface area contributed by atoms with Gasteiger partial charge >= 0.3 is 0 Å². The van der Waals surface area contributed by atoms with Crippen LogP contribution >= 0.6 is 11.6 Å². The average molecular weight is 325 g/mol. The first kappa shape index (κ1) is 18.1. The summed E-state index contributed by atoms with van der Waals surface area (Å²) in [6.45, 7) is 7.67. The lowest BCUT2D eigenvalue weighted by Gasteiger charge is -2.30. The standard InChI is InChI=1S/C16H21ClN2O3/c1-10(2)19(11(3)4)15(20)9-22-16-13(17)6-12(8-18)7-14(16)21-5/h6-7,10-11H,9H2,1-5H3. The lowest BCUT2D eigenvalue weighted by atomic mass is 10.2. The van der Waals surface area contributed by atoms with Crippen LogP contribution in [0.1, 0.15) is 33.3 Å². The van der Waals surface area contributed by atoms with E-state index in [0.717, 1.165) is 0 Å². The normalized spacial score (nSPS) is 10.5. The zero-order valence-corrected chi connectivity index (χ0v) is 14.3. The second kappa shape index (κ2) is 7.90. The lowest BCUT2D eigenvalue weighted by Crippen LogP contribution is -2.44. The number of nitrogens with zero attached hydrogens (tertiary/aromatic N) is 2. The van der Waals surface area contributed by atoms with E-state index in [2.05, 4.69) is 0 Å². The predicted octanol–water partition coefficient (Wildman–Crippen LogP) is 3.24. The molecule has 22 heavy (non-hydrogen) atoms. The van der Waals surface area contributed by atoms with Gasteiger partial charge in [0, 0.05) is 18.2 Å². The highest BCUT2D eigenvalue weighted by Gasteiger charge is 2.21. The second-order valence-electron chi connectivity index (χ2n) is 5.38. The third-order valence-corrected chi connectivity index (χ3v) is 3.38. The number of nitriles is 1. The quantitative estimate of drug-likeness (QED) is 0.806. The summed E-state index contributed by atoms with van der Waals surface area (Å²) in [5, 5.41) is 9.16. The van der Waals surface area contributed by atoms with Gasteiger partial charge in [-0.05, 0) is 33.8 Å². The van der Waals surface area contributed by atoms with E-state index in [1.165, 1.54) is 19.2 Å². The molecule has 1 rings (SSSR count).